The van der Waals surface area contributed by atoms with E-state index < -0.39 is 0 Å². The molecule has 0 saturated heterocycles. The molecule has 7 heteroatoms. The van der Waals surface area contributed by atoms with E-state index in [0.29, 0.717) is 10.7 Å². The number of imidazole rings is 1. The molecule has 118 valence electrons. The van der Waals surface area contributed by atoms with Gasteiger partial charge in [-0.15, -0.1) is 0 Å². The summed E-state index contributed by atoms with van der Waals surface area (Å²) in [6.07, 6.45) is 5.13. The number of hydrogen-bond donors (Lipinski definition) is 2. The highest BCUT2D eigenvalue weighted by atomic mass is 32.1. The summed E-state index contributed by atoms with van der Waals surface area (Å²) < 4.78 is 0. The van der Waals surface area contributed by atoms with Crippen molar-refractivity contribution in [3.05, 3.63) is 60.3 Å². The monoisotopic (exact) mass is 335 g/mol. The molecule has 2 N–H and O–H groups in total. The molecular weight excluding hydrogens is 322 g/mol. The summed E-state index contributed by atoms with van der Waals surface area (Å²) in [6.45, 7) is 1.92. The Balaban J connectivity index is 1.60. The number of H-pyrrole nitrogens is 1. The minimum Gasteiger partial charge on any atom is -0.345 e. The molecule has 0 aliphatic rings. The molecule has 0 aliphatic carbocycles. The van der Waals surface area contributed by atoms with Gasteiger partial charge in [-0.1, -0.05) is 17.4 Å². The molecule has 6 nitrogen and oxygen atoms in total. The number of anilines is 1. The average molecular weight is 335 g/mol. The van der Waals surface area contributed by atoms with E-state index in [-0.39, 0.29) is 5.91 Å². The zero-order valence-electron chi connectivity index (χ0n) is 12.8. The van der Waals surface area contributed by atoms with Crippen LogP contribution >= 0.6 is 11.3 Å². The summed E-state index contributed by atoms with van der Waals surface area (Å²) in [6, 6.07) is 9.20. The molecule has 4 aromatic rings. The first-order valence-corrected chi connectivity index (χ1v) is 8.15. The van der Waals surface area contributed by atoms with E-state index in [2.05, 4.69) is 25.3 Å². The smallest absolute Gasteiger partial charge is 0.257 e. The topological polar surface area (TPSA) is 83.6 Å². The van der Waals surface area contributed by atoms with Crippen LogP contribution in [0, 0.1) is 6.92 Å². The molecule has 24 heavy (non-hydrogen) atoms. The number of fused-ring (bicyclic) bond motifs is 1. The van der Waals surface area contributed by atoms with Crippen molar-refractivity contribution < 1.29 is 4.79 Å². The maximum atomic E-state index is 12.4. The Morgan fingerprint density at radius 3 is 3.04 bits per heavy atom. The molecule has 0 spiro atoms. The van der Waals surface area contributed by atoms with E-state index in [0.717, 1.165) is 27.2 Å². The number of nitrogens with zero attached hydrogens (tertiary/aromatic N) is 3. The molecule has 0 fully saturated rings. The largest absolute Gasteiger partial charge is 0.345 e. The third-order valence-corrected chi connectivity index (χ3v) is 4.75. The van der Waals surface area contributed by atoms with Crippen molar-refractivity contribution in [2.75, 3.05) is 5.32 Å². The number of benzene rings is 1. The number of hydrogen-bond acceptors (Lipinski definition) is 5. The number of nitrogens with one attached hydrogen (secondary N) is 2. The van der Waals surface area contributed by atoms with Crippen molar-refractivity contribution >= 4 is 33.4 Å². The molecule has 0 atom stereocenters. The van der Waals surface area contributed by atoms with E-state index in [9.17, 15) is 4.79 Å². The van der Waals surface area contributed by atoms with Gasteiger partial charge in [0, 0.05) is 23.5 Å². The molecule has 0 radical (unpaired) electrons. The van der Waals surface area contributed by atoms with E-state index in [1.807, 2.05) is 25.1 Å². The number of pyridine rings is 1. The lowest BCUT2D eigenvalue weighted by Crippen LogP contribution is -2.11. The third-order valence-electron chi connectivity index (χ3n) is 3.62. The molecule has 3 aromatic heterocycles. The zero-order valence-corrected chi connectivity index (χ0v) is 13.6. The van der Waals surface area contributed by atoms with Gasteiger partial charge in [-0.3, -0.25) is 15.1 Å². The highest BCUT2D eigenvalue weighted by Crippen LogP contribution is 2.32. The fourth-order valence-electron chi connectivity index (χ4n) is 2.46. The Labute approximate surface area is 141 Å². The van der Waals surface area contributed by atoms with Crippen LogP contribution in [0.15, 0.2) is 49.1 Å². The average Bonchev–Trinajstić information content (AvgIpc) is 3.21. The lowest BCUT2D eigenvalue weighted by Gasteiger charge is -2.01. The van der Waals surface area contributed by atoms with Crippen molar-refractivity contribution in [3.63, 3.8) is 0 Å². The van der Waals surface area contributed by atoms with E-state index in [1.165, 1.54) is 11.3 Å². The first-order chi connectivity index (χ1) is 11.7. The molecular formula is C17H13N5OS. The van der Waals surface area contributed by atoms with Gasteiger partial charge in [0.25, 0.3) is 5.91 Å². The maximum Gasteiger partial charge on any atom is 0.257 e. The van der Waals surface area contributed by atoms with Gasteiger partial charge < -0.3 is 4.98 Å². The number of rotatable bonds is 3. The fourth-order valence-corrected chi connectivity index (χ4v) is 3.41. The van der Waals surface area contributed by atoms with Gasteiger partial charge in [0.15, 0.2) is 5.13 Å². The highest BCUT2D eigenvalue weighted by Gasteiger charge is 2.13. The second-order valence-electron chi connectivity index (χ2n) is 5.26. The molecule has 0 aliphatic heterocycles. The Morgan fingerprint density at radius 2 is 2.21 bits per heavy atom. The normalized spacial score (nSPS) is 10.9. The van der Waals surface area contributed by atoms with Crippen LogP contribution in [0.2, 0.25) is 0 Å². The Hall–Kier alpha value is -3.06. The van der Waals surface area contributed by atoms with Gasteiger partial charge in [0.05, 0.1) is 27.9 Å². The lowest BCUT2D eigenvalue weighted by molar-refractivity contribution is 0.102. The van der Waals surface area contributed by atoms with E-state index in [4.69, 9.17) is 0 Å². The van der Waals surface area contributed by atoms with Crippen molar-refractivity contribution in [2.24, 2.45) is 0 Å². The van der Waals surface area contributed by atoms with Crippen molar-refractivity contribution in [1.29, 1.82) is 0 Å². The summed E-state index contributed by atoms with van der Waals surface area (Å²) in [4.78, 5) is 29.2. The number of carbonyl (C=O) groups excluding carboxylic acids is 1. The minimum atomic E-state index is -0.196. The maximum absolute atomic E-state index is 12.4. The van der Waals surface area contributed by atoms with Crippen molar-refractivity contribution in [1.82, 2.24) is 19.9 Å². The van der Waals surface area contributed by atoms with E-state index in [1.54, 1.807) is 30.9 Å². The first-order valence-electron chi connectivity index (χ1n) is 7.33. The van der Waals surface area contributed by atoms with Gasteiger partial charge >= 0.3 is 0 Å². The van der Waals surface area contributed by atoms with Gasteiger partial charge in [0.1, 0.15) is 0 Å². The van der Waals surface area contributed by atoms with Crippen LogP contribution in [-0.4, -0.2) is 25.8 Å². The van der Waals surface area contributed by atoms with Crippen LogP contribution in [0.4, 0.5) is 5.13 Å². The van der Waals surface area contributed by atoms with Gasteiger partial charge in [0.2, 0.25) is 0 Å². The van der Waals surface area contributed by atoms with E-state index >= 15 is 0 Å². The van der Waals surface area contributed by atoms with Crippen molar-refractivity contribution in [3.8, 4) is 10.4 Å². The number of aryl methyl sites for hydroxylation is 1. The number of thiazole rings is 1. The van der Waals surface area contributed by atoms with Crippen LogP contribution in [0.25, 0.3) is 21.5 Å². The summed E-state index contributed by atoms with van der Waals surface area (Å²) in [5.41, 5.74) is 4.08. The highest BCUT2D eigenvalue weighted by molar-refractivity contribution is 7.19. The predicted molar refractivity (Wildman–Crippen MR) is 94.1 cm³/mol. The molecule has 0 unspecified atom stereocenters. The van der Waals surface area contributed by atoms with Crippen molar-refractivity contribution in [2.45, 2.75) is 6.92 Å². The Morgan fingerprint density at radius 1 is 1.29 bits per heavy atom. The first kappa shape index (κ1) is 14.5. The summed E-state index contributed by atoms with van der Waals surface area (Å²) in [7, 11) is 0. The molecule has 1 aromatic carbocycles. The molecule has 3 heterocycles. The number of aromatic amines is 1. The Bertz CT molecular complexity index is 1020. The van der Waals surface area contributed by atoms with Crippen LogP contribution in [0.5, 0.6) is 0 Å². The summed E-state index contributed by atoms with van der Waals surface area (Å²) in [5.74, 6) is -0.196. The number of aromatic nitrogens is 4. The second kappa shape index (κ2) is 5.86. The zero-order chi connectivity index (χ0) is 16.5. The minimum absolute atomic E-state index is 0.196. The van der Waals surface area contributed by atoms with Crippen LogP contribution in [-0.2, 0) is 0 Å². The van der Waals surface area contributed by atoms with Gasteiger partial charge in [-0.05, 0) is 31.2 Å². The second-order valence-corrected chi connectivity index (χ2v) is 6.26. The standard InChI is InChI=1S/C17H13N5OS/c1-10-15(12-3-2-6-18-8-12)24-17(21-10)22-16(23)11-4-5-13-14(7-11)20-9-19-13/h2-9H,1H3,(H,19,20)(H,21,22,23). The molecule has 4 rings (SSSR count). The van der Waals surface area contributed by atoms with Crippen LogP contribution in [0.3, 0.4) is 0 Å². The lowest BCUT2D eigenvalue weighted by atomic mass is 10.2. The number of amides is 1. The molecule has 1 amide bonds. The SMILES string of the molecule is Cc1nc(NC(=O)c2ccc3nc[nH]c3c2)sc1-c1cccnc1. The molecule has 0 saturated carbocycles. The fraction of sp³-hybridized carbons (Fsp3) is 0.0588. The summed E-state index contributed by atoms with van der Waals surface area (Å²) in [5, 5.41) is 3.43. The third kappa shape index (κ3) is 2.65. The van der Waals surface area contributed by atoms with Crippen LogP contribution in [0.1, 0.15) is 16.1 Å². The quantitative estimate of drug-likeness (QED) is 0.599. The predicted octanol–water partition coefficient (Wildman–Crippen LogP) is 3.64. The molecule has 0 bridgehead atoms. The Kier molecular flexibility index (Phi) is 3.55. The van der Waals surface area contributed by atoms with Gasteiger partial charge in [-0.25, -0.2) is 9.97 Å². The van der Waals surface area contributed by atoms with Gasteiger partial charge in [-0.2, -0.15) is 0 Å². The summed E-state index contributed by atoms with van der Waals surface area (Å²) >= 11 is 1.44. The van der Waals surface area contributed by atoms with Crippen LogP contribution < -0.4 is 5.32 Å². The number of carbonyl (C=O) groups is 1.